The van der Waals surface area contributed by atoms with Crippen LogP contribution in [0.2, 0.25) is 0 Å². The average molecular weight is 267 g/mol. The van der Waals surface area contributed by atoms with E-state index in [2.05, 4.69) is 44.3 Å². The molecule has 1 rings (SSSR count). The first kappa shape index (κ1) is 15.5. The van der Waals surface area contributed by atoms with Crippen LogP contribution >= 0.6 is 11.8 Å². The van der Waals surface area contributed by atoms with E-state index in [1.54, 1.807) is 7.11 Å². The largest absolute Gasteiger partial charge is 0.384 e. The Morgan fingerprint density at radius 2 is 2.11 bits per heavy atom. The van der Waals surface area contributed by atoms with E-state index in [1.807, 2.05) is 11.8 Å². The van der Waals surface area contributed by atoms with Crippen LogP contribution in [-0.2, 0) is 4.74 Å². The molecule has 0 bridgehead atoms. The number of hydrogen-bond donors (Lipinski definition) is 1. The highest BCUT2D eigenvalue weighted by atomic mass is 32.2. The van der Waals surface area contributed by atoms with E-state index in [0.29, 0.717) is 6.04 Å². The second-order valence-electron chi connectivity index (χ2n) is 4.54. The SMILES string of the molecule is CCNC(CSCCOC)c1cc(C)ccc1C. The molecule has 0 aromatic heterocycles. The van der Waals surface area contributed by atoms with E-state index < -0.39 is 0 Å². The number of hydrogen-bond acceptors (Lipinski definition) is 3. The van der Waals surface area contributed by atoms with Gasteiger partial charge in [0, 0.05) is 24.7 Å². The molecule has 3 heteroatoms. The molecule has 102 valence electrons. The molecule has 0 heterocycles. The van der Waals surface area contributed by atoms with Gasteiger partial charge in [0.1, 0.15) is 0 Å². The highest BCUT2D eigenvalue weighted by molar-refractivity contribution is 7.99. The first-order chi connectivity index (χ1) is 8.69. The summed E-state index contributed by atoms with van der Waals surface area (Å²) in [4.78, 5) is 0. The van der Waals surface area contributed by atoms with Gasteiger partial charge in [-0.15, -0.1) is 0 Å². The molecule has 0 aliphatic rings. The maximum absolute atomic E-state index is 5.09. The molecule has 0 fully saturated rings. The number of benzene rings is 1. The number of nitrogens with one attached hydrogen (secondary N) is 1. The van der Waals surface area contributed by atoms with Crippen molar-refractivity contribution >= 4 is 11.8 Å². The maximum Gasteiger partial charge on any atom is 0.0552 e. The zero-order valence-electron chi connectivity index (χ0n) is 12.0. The van der Waals surface area contributed by atoms with Gasteiger partial charge in [-0.25, -0.2) is 0 Å². The Labute approximate surface area is 116 Å². The van der Waals surface area contributed by atoms with E-state index in [1.165, 1.54) is 16.7 Å². The molecule has 1 N–H and O–H groups in total. The summed E-state index contributed by atoms with van der Waals surface area (Å²) in [6.07, 6.45) is 0. The molecule has 0 amide bonds. The van der Waals surface area contributed by atoms with Crippen LogP contribution < -0.4 is 5.32 Å². The van der Waals surface area contributed by atoms with Gasteiger partial charge in [-0.05, 0) is 31.5 Å². The monoisotopic (exact) mass is 267 g/mol. The van der Waals surface area contributed by atoms with Crippen LogP contribution in [0.3, 0.4) is 0 Å². The zero-order chi connectivity index (χ0) is 13.4. The molecule has 0 spiro atoms. The lowest BCUT2D eigenvalue weighted by molar-refractivity contribution is 0.218. The Hall–Kier alpha value is -0.510. The van der Waals surface area contributed by atoms with E-state index in [9.17, 15) is 0 Å². The molecule has 1 unspecified atom stereocenters. The van der Waals surface area contributed by atoms with Crippen molar-refractivity contribution in [3.05, 3.63) is 34.9 Å². The minimum Gasteiger partial charge on any atom is -0.384 e. The van der Waals surface area contributed by atoms with Crippen molar-refractivity contribution in [1.29, 1.82) is 0 Å². The average Bonchev–Trinajstić information content (AvgIpc) is 2.36. The van der Waals surface area contributed by atoms with Gasteiger partial charge in [0.25, 0.3) is 0 Å². The van der Waals surface area contributed by atoms with Gasteiger partial charge < -0.3 is 10.1 Å². The van der Waals surface area contributed by atoms with E-state index in [-0.39, 0.29) is 0 Å². The van der Waals surface area contributed by atoms with Gasteiger partial charge >= 0.3 is 0 Å². The predicted molar refractivity (Wildman–Crippen MR) is 81.5 cm³/mol. The highest BCUT2D eigenvalue weighted by Gasteiger charge is 2.12. The number of rotatable bonds is 8. The summed E-state index contributed by atoms with van der Waals surface area (Å²) >= 11 is 1.95. The summed E-state index contributed by atoms with van der Waals surface area (Å²) in [5, 5.41) is 3.58. The van der Waals surface area contributed by atoms with Crippen LogP contribution in [0.5, 0.6) is 0 Å². The van der Waals surface area contributed by atoms with Crippen molar-refractivity contribution in [3.63, 3.8) is 0 Å². The summed E-state index contributed by atoms with van der Waals surface area (Å²) in [5.41, 5.74) is 4.14. The molecule has 1 atom stereocenters. The van der Waals surface area contributed by atoms with Gasteiger partial charge in [-0.3, -0.25) is 0 Å². The lowest BCUT2D eigenvalue weighted by Gasteiger charge is -2.20. The van der Waals surface area contributed by atoms with Crippen molar-refractivity contribution in [2.45, 2.75) is 26.8 Å². The van der Waals surface area contributed by atoms with Gasteiger partial charge in [-0.1, -0.05) is 30.7 Å². The molecule has 1 aromatic rings. The molecular formula is C15H25NOS. The van der Waals surface area contributed by atoms with Crippen molar-refractivity contribution in [3.8, 4) is 0 Å². The van der Waals surface area contributed by atoms with Gasteiger partial charge in [0.2, 0.25) is 0 Å². The van der Waals surface area contributed by atoms with Gasteiger partial charge in [0.15, 0.2) is 0 Å². The summed E-state index contributed by atoms with van der Waals surface area (Å²) in [5.74, 6) is 2.16. The summed E-state index contributed by atoms with van der Waals surface area (Å²) in [6, 6.07) is 7.14. The fraction of sp³-hybridized carbons (Fsp3) is 0.600. The minimum atomic E-state index is 0.441. The smallest absolute Gasteiger partial charge is 0.0552 e. The lowest BCUT2D eigenvalue weighted by atomic mass is 10.00. The summed E-state index contributed by atoms with van der Waals surface area (Å²) in [7, 11) is 1.76. The van der Waals surface area contributed by atoms with Crippen LogP contribution in [0, 0.1) is 13.8 Å². The third kappa shape index (κ3) is 5.01. The topological polar surface area (TPSA) is 21.3 Å². The van der Waals surface area contributed by atoms with Crippen molar-refractivity contribution in [2.75, 3.05) is 31.8 Å². The van der Waals surface area contributed by atoms with Crippen molar-refractivity contribution in [1.82, 2.24) is 5.32 Å². The first-order valence-corrected chi connectivity index (χ1v) is 7.71. The maximum atomic E-state index is 5.09. The molecular weight excluding hydrogens is 242 g/mol. The molecule has 0 saturated heterocycles. The third-order valence-corrected chi connectivity index (χ3v) is 4.00. The highest BCUT2D eigenvalue weighted by Crippen LogP contribution is 2.23. The molecule has 0 aliphatic carbocycles. The Morgan fingerprint density at radius 3 is 2.78 bits per heavy atom. The van der Waals surface area contributed by atoms with Gasteiger partial charge in [0.05, 0.1) is 6.61 Å². The fourth-order valence-electron chi connectivity index (χ4n) is 1.98. The number of thioether (sulfide) groups is 1. The standard InChI is InChI=1S/C15H25NOS/c1-5-16-15(11-18-9-8-17-4)14-10-12(2)6-7-13(14)3/h6-7,10,15-16H,5,8-9,11H2,1-4H3. The molecule has 18 heavy (non-hydrogen) atoms. The van der Waals surface area contributed by atoms with Crippen LogP contribution in [0.4, 0.5) is 0 Å². The second-order valence-corrected chi connectivity index (χ2v) is 5.69. The van der Waals surface area contributed by atoms with E-state index in [4.69, 9.17) is 4.74 Å². The molecule has 0 saturated carbocycles. The predicted octanol–water partition coefficient (Wildman–Crippen LogP) is 3.33. The van der Waals surface area contributed by atoms with Crippen molar-refractivity contribution in [2.24, 2.45) is 0 Å². The van der Waals surface area contributed by atoms with Crippen LogP contribution in [-0.4, -0.2) is 31.8 Å². The van der Waals surface area contributed by atoms with Crippen molar-refractivity contribution < 1.29 is 4.74 Å². The normalized spacial score (nSPS) is 12.7. The molecule has 1 aromatic carbocycles. The van der Waals surface area contributed by atoms with Crippen LogP contribution in [0.15, 0.2) is 18.2 Å². The molecule has 2 nitrogen and oxygen atoms in total. The lowest BCUT2D eigenvalue weighted by Crippen LogP contribution is -2.24. The van der Waals surface area contributed by atoms with Crippen LogP contribution in [0.25, 0.3) is 0 Å². The van der Waals surface area contributed by atoms with E-state index >= 15 is 0 Å². The number of aryl methyl sites for hydroxylation is 2. The van der Waals surface area contributed by atoms with Crippen LogP contribution in [0.1, 0.15) is 29.7 Å². The molecule has 0 aliphatic heterocycles. The summed E-state index contributed by atoms with van der Waals surface area (Å²) < 4.78 is 5.09. The Kier molecular flexibility index (Phi) is 7.40. The first-order valence-electron chi connectivity index (χ1n) is 6.56. The Bertz CT molecular complexity index is 354. The van der Waals surface area contributed by atoms with Gasteiger partial charge in [-0.2, -0.15) is 11.8 Å². The second kappa shape index (κ2) is 8.57. The fourth-order valence-corrected chi connectivity index (χ4v) is 2.97. The minimum absolute atomic E-state index is 0.441. The number of ether oxygens (including phenoxy) is 1. The zero-order valence-corrected chi connectivity index (χ0v) is 12.8. The Balaban J connectivity index is 2.67. The molecule has 0 radical (unpaired) electrons. The third-order valence-electron chi connectivity index (χ3n) is 2.98. The quantitative estimate of drug-likeness (QED) is 0.730. The summed E-state index contributed by atoms with van der Waals surface area (Å²) in [6.45, 7) is 8.35. The Morgan fingerprint density at radius 1 is 1.33 bits per heavy atom. The number of methoxy groups -OCH3 is 1. The van der Waals surface area contributed by atoms with E-state index in [0.717, 1.165) is 24.7 Å².